The standard InChI is InChI=1S/C68H47N/c1-7-21-48(22-8-1)56-38-44-66(64(45-56)52-27-13-4-14-28-52)69(58-41-43-59(50-23-9-2-10-24-50)63(47-58)51-25-11-3-12-26-51)57-39-35-49(36-40-57)55-37-42-62-65(46-55)60-33-19-20-34-61(60)67(53-29-15-5-16-30-53)68(62)54-31-17-6-18-32-54/h1-47H. The van der Waals surface area contributed by atoms with Crippen molar-refractivity contribution in [2.45, 2.75) is 0 Å². The van der Waals surface area contributed by atoms with Gasteiger partial charge in [-0.15, -0.1) is 0 Å². The van der Waals surface area contributed by atoms with Crippen LogP contribution < -0.4 is 4.90 Å². The molecule has 0 aliphatic carbocycles. The highest BCUT2D eigenvalue weighted by Gasteiger charge is 2.22. The SMILES string of the molecule is c1ccc(-c2ccc(N(c3ccc(-c4ccc5c(-c6ccccc6)c(-c6ccccc6)c6ccccc6c5c4)cc3)c3ccc(-c4ccccc4)c(-c4ccccc4)c3)c(-c3ccccc3)c2)cc1. The summed E-state index contributed by atoms with van der Waals surface area (Å²) in [5, 5.41) is 4.98. The third kappa shape index (κ3) is 7.97. The molecule has 0 fully saturated rings. The zero-order valence-corrected chi connectivity index (χ0v) is 38.1. The minimum atomic E-state index is 1.07. The van der Waals surface area contributed by atoms with Crippen LogP contribution in [0.2, 0.25) is 0 Å². The Morgan fingerprint density at radius 2 is 0.580 bits per heavy atom. The normalized spacial score (nSPS) is 11.2. The second kappa shape index (κ2) is 18.3. The Labute approximate surface area is 404 Å². The summed E-state index contributed by atoms with van der Waals surface area (Å²) in [6.07, 6.45) is 0. The summed E-state index contributed by atoms with van der Waals surface area (Å²) in [5.74, 6) is 0. The Morgan fingerprint density at radius 3 is 1.14 bits per heavy atom. The molecule has 12 aromatic rings. The first kappa shape index (κ1) is 41.4. The molecule has 324 valence electrons. The van der Waals surface area contributed by atoms with E-state index < -0.39 is 0 Å². The van der Waals surface area contributed by atoms with Crippen molar-refractivity contribution >= 4 is 38.6 Å². The molecular weight excluding hydrogens is 831 g/mol. The minimum Gasteiger partial charge on any atom is -0.310 e. The highest BCUT2D eigenvalue weighted by Crippen LogP contribution is 2.48. The van der Waals surface area contributed by atoms with E-state index in [-0.39, 0.29) is 0 Å². The van der Waals surface area contributed by atoms with Crippen LogP contribution >= 0.6 is 0 Å². The average Bonchev–Trinajstić information content (AvgIpc) is 3.44. The molecule has 0 bridgehead atoms. The largest absolute Gasteiger partial charge is 0.310 e. The van der Waals surface area contributed by atoms with Crippen LogP contribution in [0.5, 0.6) is 0 Å². The molecule has 0 aliphatic rings. The topological polar surface area (TPSA) is 3.24 Å². The molecule has 0 aliphatic heterocycles. The van der Waals surface area contributed by atoms with E-state index in [1.165, 1.54) is 82.7 Å². The van der Waals surface area contributed by atoms with Gasteiger partial charge in [-0.2, -0.15) is 0 Å². The van der Waals surface area contributed by atoms with Crippen molar-refractivity contribution < 1.29 is 0 Å². The molecule has 0 amide bonds. The second-order valence-corrected chi connectivity index (χ2v) is 17.6. The molecule has 0 N–H and O–H groups in total. The summed E-state index contributed by atoms with van der Waals surface area (Å²) in [6, 6.07) is 104. The Morgan fingerprint density at radius 1 is 0.188 bits per heavy atom. The van der Waals surface area contributed by atoms with Crippen LogP contribution in [0.1, 0.15) is 0 Å². The molecule has 0 unspecified atom stereocenters. The number of fused-ring (bicyclic) bond motifs is 3. The quantitative estimate of drug-likeness (QED) is 0.124. The maximum Gasteiger partial charge on any atom is 0.0540 e. The van der Waals surface area contributed by atoms with Crippen LogP contribution in [0.4, 0.5) is 17.1 Å². The van der Waals surface area contributed by atoms with Gasteiger partial charge >= 0.3 is 0 Å². The molecule has 0 radical (unpaired) electrons. The fourth-order valence-corrected chi connectivity index (χ4v) is 10.2. The first-order chi connectivity index (χ1) is 34.2. The number of benzene rings is 12. The van der Waals surface area contributed by atoms with Crippen LogP contribution in [-0.2, 0) is 0 Å². The zero-order chi connectivity index (χ0) is 45.9. The maximum absolute atomic E-state index is 2.44. The van der Waals surface area contributed by atoms with Gasteiger partial charge in [0.2, 0.25) is 0 Å². The average molecular weight is 878 g/mol. The lowest BCUT2D eigenvalue weighted by Crippen LogP contribution is -2.12. The molecule has 0 aromatic heterocycles. The molecular formula is C68H47N. The third-order valence-electron chi connectivity index (χ3n) is 13.5. The van der Waals surface area contributed by atoms with Crippen molar-refractivity contribution in [2.24, 2.45) is 0 Å². The lowest BCUT2D eigenvalue weighted by molar-refractivity contribution is 1.28. The number of rotatable bonds is 10. The van der Waals surface area contributed by atoms with Crippen molar-refractivity contribution in [1.82, 2.24) is 0 Å². The van der Waals surface area contributed by atoms with Gasteiger partial charge in [0.05, 0.1) is 5.69 Å². The Balaban J connectivity index is 1.04. The first-order valence-electron chi connectivity index (χ1n) is 23.7. The van der Waals surface area contributed by atoms with Gasteiger partial charge < -0.3 is 4.90 Å². The predicted octanol–water partition coefficient (Wildman–Crippen LogP) is 19.1. The minimum absolute atomic E-state index is 1.07. The monoisotopic (exact) mass is 877 g/mol. The number of hydrogen-bond donors (Lipinski definition) is 0. The van der Waals surface area contributed by atoms with E-state index in [0.717, 1.165) is 33.8 Å². The second-order valence-electron chi connectivity index (χ2n) is 17.6. The van der Waals surface area contributed by atoms with Gasteiger partial charge in [0.25, 0.3) is 0 Å². The number of anilines is 3. The van der Waals surface area contributed by atoms with E-state index in [9.17, 15) is 0 Å². The van der Waals surface area contributed by atoms with Crippen LogP contribution in [0, 0.1) is 0 Å². The van der Waals surface area contributed by atoms with Crippen LogP contribution in [0.15, 0.2) is 285 Å². The van der Waals surface area contributed by atoms with E-state index in [0.29, 0.717) is 0 Å². The van der Waals surface area contributed by atoms with E-state index in [2.05, 4.69) is 290 Å². The van der Waals surface area contributed by atoms with E-state index >= 15 is 0 Å². The van der Waals surface area contributed by atoms with Gasteiger partial charge in [-0.3, -0.25) is 0 Å². The summed E-state index contributed by atoms with van der Waals surface area (Å²) >= 11 is 0. The van der Waals surface area contributed by atoms with Gasteiger partial charge in [0.15, 0.2) is 0 Å². The molecule has 69 heavy (non-hydrogen) atoms. The Kier molecular flexibility index (Phi) is 11.0. The first-order valence-corrected chi connectivity index (χ1v) is 23.7. The number of hydrogen-bond acceptors (Lipinski definition) is 1. The van der Waals surface area contributed by atoms with E-state index in [4.69, 9.17) is 0 Å². The highest BCUT2D eigenvalue weighted by molar-refractivity contribution is 6.22. The van der Waals surface area contributed by atoms with Crippen LogP contribution in [0.25, 0.3) is 99.4 Å². The van der Waals surface area contributed by atoms with E-state index in [1.54, 1.807) is 0 Å². The zero-order valence-electron chi connectivity index (χ0n) is 38.1. The van der Waals surface area contributed by atoms with Gasteiger partial charge in [-0.25, -0.2) is 0 Å². The van der Waals surface area contributed by atoms with Crippen LogP contribution in [-0.4, -0.2) is 0 Å². The molecule has 0 heterocycles. The number of nitrogens with zero attached hydrogens (tertiary/aromatic N) is 1. The predicted molar refractivity (Wildman–Crippen MR) is 294 cm³/mol. The maximum atomic E-state index is 2.44. The third-order valence-corrected chi connectivity index (χ3v) is 13.5. The molecule has 0 saturated carbocycles. The Bertz CT molecular complexity index is 3720. The lowest BCUT2D eigenvalue weighted by atomic mass is 9.84. The van der Waals surface area contributed by atoms with Crippen molar-refractivity contribution in [2.75, 3.05) is 4.90 Å². The van der Waals surface area contributed by atoms with E-state index in [1.807, 2.05) is 0 Å². The fraction of sp³-hybridized carbons (Fsp3) is 0. The highest BCUT2D eigenvalue weighted by atomic mass is 15.1. The smallest absolute Gasteiger partial charge is 0.0540 e. The van der Waals surface area contributed by atoms with Crippen molar-refractivity contribution in [3.63, 3.8) is 0 Å². The molecule has 0 saturated heterocycles. The molecule has 12 rings (SSSR count). The summed E-state index contributed by atoms with van der Waals surface area (Å²) in [4.78, 5) is 2.44. The molecule has 12 aromatic carbocycles. The van der Waals surface area contributed by atoms with Crippen molar-refractivity contribution in [3.8, 4) is 77.9 Å². The van der Waals surface area contributed by atoms with Crippen molar-refractivity contribution in [1.29, 1.82) is 0 Å². The molecule has 0 atom stereocenters. The van der Waals surface area contributed by atoms with Gasteiger partial charge in [0.1, 0.15) is 0 Å². The summed E-state index contributed by atoms with van der Waals surface area (Å²) in [5.41, 5.74) is 19.9. The lowest BCUT2D eigenvalue weighted by Gasteiger charge is -2.29. The van der Waals surface area contributed by atoms with Gasteiger partial charge in [0, 0.05) is 16.9 Å². The fourth-order valence-electron chi connectivity index (χ4n) is 10.2. The Hall–Kier alpha value is -9.04. The molecule has 0 spiro atoms. The summed E-state index contributed by atoms with van der Waals surface area (Å²) < 4.78 is 0. The van der Waals surface area contributed by atoms with Crippen molar-refractivity contribution in [3.05, 3.63) is 285 Å². The van der Waals surface area contributed by atoms with Crippen LogP contribution in [0.3, 0.4) is 0 Å². The van der Waals surface area contributed by atoms with Gasteiger partial charge in [-0.1, -0.05) is 243 Å². The molecule has 1 nitrogen and oxygen atoms in total. The molecule has 1 heteroatoms. The summed E-state index contributed by atoms with van der Waals surface area (Å²) in [7, 11) is 0. The summed E-state index contributed by atoms with van der Waals surface area (Å²) in [6.45, 7) is 0. The van der Waals surface area contributed by atoms with Gasteiger partial charge in [-0.05, 0) is 136 Å².